The minimum Gasteiger partial charge on any atom is -0.384 e. The van der Waals surface area contributed by atoms with Crippen molar-refractivity contribution in [3.8, 4) is 0 Å². The number of carbonyl (C=O) groups excluding carboxylic acids is 1. The van der Waals surface area contributed by atoms with E-state index in [2.05, 4.69) is 43.5 Å². The van der Waals surface area contributed by atoms with Crippen molar-refractivity contribution < 1.29 is 4.79 Å². The molecule has 1 aromatic rings. The van der Waals surface area contributed by atoms with Crippen LogP contribution >= 0.6 is 0 Å². The van der Waals surface area contributed by atoms with E-state index >= 15 is 0 Å². The van der Waals surface area contributed by atoms with E-state index in [-0.39, 0.29) is 11.9 Å². The van der Waals surface area contributed by atoms with Gasteiger partial charge < -0.3 is 10.6 Å². The molecule has 3 nitrogen and oxygen atoms in total. The third kappa shape index (κ3) is 3.75. The number of benzene rings is 1. The van der Waals surface area contributed by atoms with Crippen molar-refractivity contribution in [2.45, 2.75) is 52.0 Å². The van der Waals surface area contributed by atoms with Gasteiger partial charge in [0.2, 0.25) is 5.91 Å². The zero-order chi connectivity index (χ0) is 14.5. The summed E-state index contributed by atoms with van der Waals surface area (Å²) in [5.74, 6) is 1.14. The van der Waals surface area contributed by atoms with Gasteiger partial charge in [0, 0.05) is 30.6 Å². The van der Waals surface area contributed by atoms with Crippen LogP contribution in [-0.4, -0.2) is 18.5 Å². The van der Waals surface area contributed by atoms with E-state index in [9.17, 15) is 4.79 Å². The summed E-state index contributed by atoms with van der Waals surface area (Å²) in [5, 5.41) is 6.51. The van der Waals surface area contributed by atoms with E-state index in [0.29, 0.717) is 18.3 Å². The Morgan fingerprint density at radius 2 is 2.15 bits per heavy atom. The zero-order valence-electron chi connectivity index (χ0n) is 12.8. The molecule has 3 heteroatoms. The molecule has 2 rings (SSSR count). The van der Waals surface area contributed by atoms with Crippen LogP contribution in [0.5, 0.6) is 0 Å². The van der Waals surface area contributed by atoms with Gasteiger partial charge in [0.1, 0.15) is 0 Å². The van der Waals surface area contributed by atoms with E-state index in [0.717, 1.165) is 13.0 Å². The van der Waals surface area contributed by atoms with Crippen molar-refractivity contribution in [2.75, 3.05) is 11.9 Å². The molecule has 0 saturated heterocycles. The number of fused-ring (bicyclic) bond motifs is 1. The number of carbonyl (C=O) groups is 1. The lowest BCUT2D eigenvalue weighted by molar-refractivity contribution is -0.122. The van der Waals surface area contributed by atoms with E-state index in [4.69, 9.17) is 0 Å². The van der Waals surface area contributed by atoms with Crippen molar-refractivity contribution in [1.29, 1.82) is 0 Å². The molecule has 1 aliphatic heterocycles. The molecule has 1 aliphatic rings. The Kier molecular flexibility index (Phi) is 5.05. The predicted octanol–water partition coefficient (Wildman–Crippen LogP) is 3.53. The Labute approximate surface area is 122 Å². The van der Waals surface area contributed by atoms with E-state index in [1.807, 2.05) is 12.1 Å². The number of nitrogens with one attached hydrogen (secondary N) is 2. The second kappa shape index (κ2) is 6.78. The van der Waals surface area contributed by atoms with Crippen LogP contribution in [0.1, 0.15) is 51.5 Å². The molecule has 3 unspecified atom stereocenters. The molecule has 1 amide bonds. The van der Waals surface area contributed by atoms with Gasteiger partial charge >= 0.3 is 0 Å². The SMILES string of the molecule is CCC(C)CC(C)NC(=O)CC1CNc2ccccc21. The topological polar surface area (TPSA) is 41.1 Å². The molecular formula is C17H26N2O. The summed E-state index contributed by atoms with van der Waals surface area (Å²) in [6, 6.07) is 8.54. The van der Waals surface area contributed by atoms with Gasteiger partial charge in [-0.2, -0.15) is 0 Å². The largest absolute Gasteiger partial charge is 0.384 e. The summed E-state index contributed by atoms with van der Waals surface area (Å²) >= 11 is 0. The first kappa shape index (κ1) is 14.9. The second-order valence-corrected chi connectivity index (χ2v) is 6.09. The van der Waals surface area contributed by atoms with Crippen LogP contribution in [0.15, 0.2) is 24.3 Å². The lowest BCUT2D eigenvalue weighted by Crippen LogP contribution is -2.34. The normalized spacial score (nSPS) is 19.9. The maximum Gasteiger partial charge on any atom is 0.220 e. The third-order valence-electron chi connectivity index (χ3n) is 4.23. The molecule has 0 aromatic heterocycles. The van der Waals surface area contributed by atoms with Crippen molar-refractivity contribution in [2.24, 2.45) is 5.92 Å². The van der Waals surface area contributed by atoms with Crippen LogP contribution < -0.4 is 10.6 Å². The molecule has 2 N–H and O–H groups in total. The highest BCUT2D eigenvalue weighted by atomic mass is 16.1. The van der Waals surface area contributed by atoms with E-state index < -0.39 is 0 Å². The summed E-state index contributed by atoms with van der Waals surface area (Å²) in [7, 11) is 0. The van der Waals surface area contributed by atoms with Gasteiger partial charge in [-0.1, -0.05) is 38.5 Å². The second-order valence-electron chi connectivity index (χ2n) is 6.09. The van der Waals surface area contributed by atoms with Crippen molar-refractivity contribution in [1.82, 2.24) is 5.32 Å². The monoisotopic (exact) mass is 274 g/mol. The summed E-state index contributed by atoms with van der Waals surface area (Å²) < 4.78 is 0. The first-order chi connectivity index (χ1) is 9.60. The van der Waals surface area contributed by atoms with Crippen molar-refractivity contribution in [3.63, 3.8) is 0 Å². The fourth-order valence-electron chi connectivity index (χ4n) is 2.93. The summed E-state index contributed by atoms with van der Waals surface area (Å²) in [6.07, 6.45) is 2.80. The first-order valence-corrected chi connectivity index (χ1v) is 7.72. The van der Waals surface area contributed by atoms with Gasteiger partial charge in [0.05, 0.1) is 0 Å². The summed E-state index contributed by atoms with van der Waals surface area (Å²) in [4.78, 5) is 12.2. The lowest BCUT2D eigenvalue weighted by Gasteiger charge is -2.18. The van der Waals surface area contributed by atoms with Gasteiger partial charge in [-0.3, -0.25) is 4.79 Å². The van der Waals surface area contributed by atoms with Crippen LogP contribution in [0.4, 0.5) is 5.69 Å². The highest BCUT2D eigenvalue weighted by molar-refractivity contribution is 5.78. The maximum atomic E-state index is 12.2. The lowest BCUT2D eigenvalue weighted by atomic mass is 9.96. The third-order valence-corrected chi connectivity index (χ3v) is 4.23. The van der Waals surface area contributed by atoms with Gasteiger partial charge in [-0.25, -0.2) is 0 Å². The Morgan fingerprint density at radius 1 is 1.40 bits per heavy atom. The number of hydrogen-bond donors (Lipinski definition) is 2. The summed E-state index contributed by atoms with van der Waals surface area (Å²) in [5.41, 5.74) is 2.45. The molecule has 0 spiro atoms. The Balaban J connectivity index is 1.84. The Bertz CT molecular complexity index is 458. The van der Waals surface area contributed by atoms with Crippen molar-refractivity contribution >= 4 is 11.6 Å². The molecule has 0 fully saturated rings. The Morgan fingerprint density at radius 3 is 2.90 bits per heavy atom. The molecule has 1 aromatic carbocycles. The number of anilines is 1. The molecule has 0 saturated carbocycles. The maximum absolute atomic E-state index is 12.2. The number of amides is 1. The quantitative estimate of drug-likeness (QED) is 0.833. The average molecular weight is 274 g/mol. The minimum absolute atomic E-state index is 0.171. The van der Waals surface area contributed by atoms with Gasteiger partial charge in [0.25, 0.3) is 0 Å². The van der Waals surface area contributed by atoms with Crippen LogP contribution in [0.3, 0.4) is 0 Å². The molecule has 3 atom stereocenters. The number of hydrogen-bond acceptors (Lipinski definition) is 2. The number of para-hydroxylation sites is 1. The zero-order valence-corrected chi connectivity index (χ0v) is 12.8. The molecule has 0 aliphatic carbocycles. The van der Waals surface area contributed by atoms with Crippen molar-refractivity contribution in [3.05, 3.63) is 29.8 Å². The fourth-order valence-corrected chi connectivity index (χ4v) is 2.93. The highest BCUT2D eigenvalue weighted by Gasteiger charge is 2.24. The molecule has 1 heterocycles. The van der Waals surface area contributed by atoms with Gasteiger partial charge in [-0.15, -0.1) is 0 Å². The van der Waals surface area contributed by atoms with Crippen LogP contribution in [-0.2, 0) is 4.79 Å². The smallest absolute Gasteiger partial charge is 0.220 e. The summed E-state index contributed by atoms with van der Waals surface area (Å²) in [6.45, 7) is 7.40. The average Bonchev–Trinajstić information content (AvgIpc) is 2.81. The molecule has 20 heavy (non-hydrogen) atoms. The predicted molar refractivity (Wildman–Crippen MR) is 84.0 cm³/mol. The van der Waals surface area contributed by atoms with Crippen LogP contribution in [0, 0.1) is 5.92 Å². The molecule has 0 radical (unpaired) electrons. The standard InChI is InChI=1S/C17H26N2O/c1-4-12(2)9-13(3)19-17(20)10-14-11-18-16-8-6-5-7-15(14)16/h5-8,12-14,18H,4,9-11H2,1-3H3,(H,19,20). The highest BCUT2D eigenvalue weighted by Crippen LogP contribution is 2.33. The molecule has 110 valence electrons. The van der Waals surface area contributed by atoms with Gasteiger partial charge in [0.15, 0.2) is 0 Å². The number of rotatable bonds is 6. The van der Waals surface area contributed by atoms with E-state index in [1.54, 1.807) is 0 Å². The molecule has 0 bridgehead atoms. The van der Waals surface area contributed by atoms with Gasteiger partial charge in [-0.05, 0) is 30.9 Å². The van der Waals surface area contributed by atoms with E-state index in [1.165, 1.54) is 17.7 Å². The fraction of sp³-hybridized carbons (Fsp3) is 0.588. The minimum atomic E-state index is 0.171. The molecular weight excluding hydrogens is 248 g/mol. The Hall–Kier alpha value is -1.51. The van der Waals surface area contributed by atoms with Crippen LogP contribution in [0.2, 0.25) is 0 Å². The first-order valence-electron chi connectivity index (χ1n) is 7.72. The van der Waals surface area contributed by atoms with Crippen LogP contribution in [0.25, 0.3) is 0 Å².